The number of carbonyl (C=O) groups is 1. The summed E-state index contributed by atoms with van der Waals surface area (Å²) >= 11 is 5.35. The summed E-state index contributed by atoms with van der Waals surface area (Å²) in [6, 6.07) is 3.51. The van der Waals surface area contributed by atoms with Crippen molar-refractivity contribution in [3.63, 3.8) is 0 Å². The van der Waals surface area contributed by atoms with E-state index >= 15 is 0 Å². The molecule has 6 nitrogen and oxygen atoms in total. The number of nitrogen functional groups attached to an aromatic ring is 1. The summed E-state index contributed by atoms with van der Waals surface area (Å²) in [4.78, 5) is 10.7. The predicted molar refractivity (Wildman–Crippen MR) is 64.3 cm³/mol. The molecule has 0 aromatic heterocycles. The van der Waals surface area contributed by atoms with Gasteiger partial charge >= 0.3 is 0 Å². The van der Waals surface area contributed by atoms with Gasteiger partial charge in [-0.15, -0.1) is 0 Å². The van der Waals surface area contributed by atoms with Gasteiger partial charge in [0.15, 0.2) is 0 Å². The third-order valence-corrected chi connectivity index (χ3v) is 2.89. The first-order valence-electron chi connectivity index (χ1n) is 4.24. The zero-order chi connectivity index (χ0) is 13.2. The summed E-state index contributed by atoms with van der Waals surface area (Å²) < 4.78 is 30.5. The molecule has 0 radical (unpaired) electrons. The van der Waals surface area contributed by atoms with Crippen molar-refractivity contribution in [2.24, 2.45) is 0 Å². The van der Waals surface area contributed by atoms with E-state index in [1.807, 2.05) is 0 Å². The highest BCUT2D eigenvalue weighted by Gasteiger charge is 2.14. The smallest absolute Gasteiger partial charge is 0.296 e. The maximum atomic E-state index is 11.2. The summed E-state index contributed by atoms with van der Waals surface area (Å²) in [6.45, 7) is 3.22. The van der Waals surface area contributed by atoms with Gasteiger partial charge in [-0.1, -0.05) is 18.2 Å². The van der Waals surface area contributed by atoms with Crippen molar-refractivity contribution in [1.82, 2.24) is 0 Å². The zero-order valence-electron chi connectivity index (χ0n) is 8.47. The number of nitrogens with two attached hydrogens (primary N) is 1. The standard InChI is InChI=1S/C9H9ClN2O4S/c1-5(10)9(13)12-6-2-3-8(7(11)4-6)17(14,15)16/h2-4H,1,11H2,(H,12,13)(H,14,15,16). The molecule has 0 aliphatic heterocycles. The lowest BCUT2D eigenvalue weighted by molar-refractivity contribution is -0.112. The number of halogens is 1. The highest BCUT2D eigenvalue weighted by atomic mass is 35.5. The monoisotopic (exact) mass is 276 g/mol. The molecule has 92 valence electrons. The molecule has 0 saturated heterocycles. The van der Waals surface area contributed by atoms with Crippen LogP contribution in [0.5, 0.6) is 0 Å². The van der Waals surface area contributed by atoms with E-state index in [0.717, 1.165) is 6.07 Å². The number of benzene rings is 1. The molecule has 4 N–H and O–H groups in total. The first-order chi connectivity index (χ1) is 7.71. The fourth-order valence-corrected chi connectivity index (χ4v) is 1.70. The Balaban J connectivity index is 3.06. The Bertz CT molecular complexity index is 583. The number of hydrogen-bond acceptors (Lipinski definition) is 4. The molecule has 0 aliphatic rings. The lowest BCUT2D eigenvalue weighted by Gasteiger charge is -2.07. The van der Waals surface area contributed by atoms with Crippen molar-refractivity contribution < 1.29 is 17.8 Å². The van der Waals surface area contributed by atoms with E-state index in [-0.39, 0.29) is 16.4 Å². The van der Waals surface area contributed by atoms with E-state index in [2.05, 4.69) is 11.9 Å². The van der Waals surface area contributed by atoms with Gasteiger partial charge in [0.1, 0.15) is 4.90 Å². The normalized spacial score (nSPS) is 10.9. The van der Waals surface area contributed by atoms with Gasteiger partial charge in [0.05, 0.1) is 10.7 Å². The molecule has 0 spiro atoms. The van der Waals surface area contributed by atoms with Crippen LogP contribution >= 0.6 is 11.6 Å². The van der Waals surface area contributed by atoms with Gasteiger partial charge in [-0.3, -0.25) is 9.35 Å². The van der Waals surface area contributed by atoms with E-state index in [9.17, 15) is 13.2 Å². The minimum Gasteiger partial charge on any atom is -0.398 e. The van der Waals surface area contributed by atoms with Gasteiger partial charge in [-0.25, -0.2) is 0 Å². The molecule has 17 heavy (non-hydrogen) atoms. The first-order valence-corrected chi connectivity index (χ1v) is 6.06. The number of nitrogens with one attached hydrogen (secondary N) is 1. The Morgan fingerprint density at radius 2 is 2.06 bits per heavy atom. The number of anilines is 2. The van der Waals surface area contributed by atoms with Crippen LogP contribution in [0.3, 0.4) is 0 Å². The van der Waals surface area contributed by atoms with Crippen LogP contribution in [-0.4, -0.2) is 18.9 Å². The Kier molecular flexibility index (Phi) is 3.76. The lowest BCUT2D eigenvalue weighted by atomic mass is 10.3. The van der Waals surface area contributed by atoms with Crippen LogP contribution in [0.2, 0.25) is 0 Å². The van der Waals surface area contributed by atoms with Crippen molar-refractivity contribution in [1.29, 1.82) is 0 Å². The molecule has 8 heteroatoms. The van der Waals surface area contributed by atoms with E-state index < -0.39 is 20.9 Å². The minimum absolute atomic E-state index is 0.189. The average Bonchev–Trinajstić information content (AvgIpc) is 2.15. The van der Waals surface area contributed by atoms with Crippen molar-refractivity contribution in [2.75, 3.05) is 11.1 Å². The van der Waals surface area contributed by atoms with Crippen LogP contribution in [0, 0.1) is 0 Å². The summed E-state index contributed by atoms with van der Waals surface area (Å²) in [5, 5.41) is 2.11. The van der Waals surface area contributed by atoms with Crippen molar-refractivity contribution >= 4 is 39.0 Å². The fraction of sp³-hybridized carbons (Fsp3) is 0. The Labute approximate surface area is 103 Å². The third kappa shape index (κ3) is 3.45. The quantitative estimate of drug-likeness (QED) is 0.437. The zero-order valence-corrected chi connectivity index (χ0v) is 10.0. The second-order valence-corrected chi connectivity index (χ2v) is 4.93. The molecule has 0 atom stereocenters. The summed E-state index contributed by atoms with van der Waals surface area (Å²) in [5.74, 6) is -0.634. The second kappa shape index (κ2) is 4.74. The van der Waals surface area contributed by atoms with Gasteiger partial charge in [0.25, 0.3) is 16.0 Å². The Morgan fingerprint density at radius 1 is 1.47 bits per heavy atom. The minimum atomic E-state index is -4.38. The second-order valence-electron chi connectivity index (χ2n) is 3.09. The van der Waals surface area contributed by atoms with Crippen LogP contribution in [0.4, 0.5) is 11.4 Å². The van der Waals surface area contributed by atoms with Gasteiger partial charge < -0.3 is 11.1 Å². The van der Waals surface area contributed by atoms with Crippen molar-refractivity contribution in [3.05, 3.63) is 29.8 Å². The van der Waals surface area contributed by atoms with Gasteiger partial charge in [-0.05, 0) is 18.2 Å². The topological polar surface area (TPSA) is 109 Å². The summed E-state index contributed by atoms with van der Waals surface area (Å²) in [6.07, 6.45) is 0. The highest BCUT2D eigenvalue weighted by Crippen LogP contribution is 2.22. The molecule has 0 aliphatic carbocycles. The number of rotatable bonds is 3. The highest BCUT2D eigenvalue weighted by molar-refractivity contribution is 7.86. The van der Waals surface area contributed by atoms with Gasteiger partial charge in [-0.2, -0.15) is 8.42 Å². The molecule has 0 bridgehead atoms. The molecule has 0 fully saturated rings. The number of carbonyl (C=O) groups excluding carboxylic acids is 1. The maximum Gasteiger partial charge on any atom is 0.296 e. The van der Waals surface area contributed by atoms with Crippen LogP contribution in [0.1, 0.15) is 0 Å². The van der Waals surface area contributed by atoms with Gasteiger partial charge in [0, 0.05) is 5.69 Å². The maximum absolute atomic E-state index is 11.2. The van der Waals surface area contributed by atoms with Crippen LogP contribution < -0.4 is 11.1 Å². The Hall–Kier alpha value is -1.57. The SMILES string of the molecule is C=C(Cl)C(=O)Nc1ccc(S(=O)(=O)O)c(N)c1. The van der Waals surface area contributed by atoms with Crippen molar-refractivity contribution in [3.8, 4) is 0 Å². The molecule has 0 unspecified atom stereocenters. The average molecular weight is 277 g/mol. The van der Waals surface area contributed by atoms with E-state index in [4.69, 9.17) is 21.9 Å². The lowest BCUT2D eigenvalue weighted by Crippen LogP contribution is -2.11. The van der Waals surface area contributed by atoms with Crippen LogP contribution in [0.15, 0.2) is 34.7 Å². The molecular weight excluding hydrogens is 268 g/mol. The van der Waals surface area contributed by atoms with E-state index in [1.165, 1.54) is 12.1 Å². The predicted octanol–water partition coefficient (Wildman–Crippen LogP) is 1.21. The van der Waals surface area contributed by atoms with E-state index in [0.29, 0.717) is 0 Å². The van der Waals surface area contributed by atoms with Crippen molar-refractivity contribution in [2.45, 2.75) is 4.90 Å². The molecule has 1 amide bonds. The summed E-state index contributed by atoms with van der Waals surface area (Å²) in [7, 11) is -4.38. The third-order valence-electron chi connectivity index (χ3n) is 1.79. The number of hydrogen-bond donors (Lipinski definition) is 3. The molecule has 1 aromatic carbocycles. The summed E-state index contributed by atoms with van der Waals surface area (Å²) in [5.41, 5.74) is 5.46. The first kappa shape index (κ1) is 13.5. The van der Waals surface area contributed by atoms with E-state index in [1.54, 1.807) is 0 Å². The molecular formula is C9H9ClN2O4S. The Morgan fingerprint density at radius 3 is 2.47 bits per heavy atom. The number of amides is 1. The van der Waals surface area contributed by atoms with Gasteiger partial charge in [0.2, 0.25) is 0 Å². The molecule has 0 heterocycles. The largest absolute Gasteiger partial charge is 0.398 e. The fourth-order valence-electron chi connectivity index (χ4n) is 1.06. The molecule has 1 rings (SSSR count). The molecule has 0 saturated carbocycles. The molecule has 1 aromatic rings. The van der Waals surface area contributed by atoms with Crippen LogP contribution in [-0.2, 0) is 14.9 Å². The van der Waals surface area contributed by atoms with Crippen LogP contribution in [0.25, 0.3) is 0 Å².